The predicted molar refractivity (Wildman–Crippen MR) is 79.5 cm³/mol. The van der Waals surface area contributed by atoms with Crippen molar-refractivity contribution in [2.75, 3.05) is 26.3 Å². The lowest BCUT2D eigenvalue weighted by Crippen LogP contribution is -2.31. The first-order valence-corrected chi connectivity index (χ1v) is 6.94. The van der Waals surface area contributed by atoms with Gasteiger partial charge in [0.05, 0.1) is 13.2 Å². The summed E-state index contributed by atoms with van der Waals surface area (Å²) >= 11 is 3.23. The molecule has 1 atom stereocenters. The van der Waals surface area contributed by atoms with E-state index >= 15 is 0 Å². The molecule has 1 aromatic carbocycles. The molecular weight excluding hydrogens is 311 g/mol. The Balaban J connectivity index is 2.47. The van der Waals surface area contributed by atoms with Gasteiger partial charge in [0.15, 0.2) is 0 Å². The molecule has 106 valence electrons. The topological polar surface area (TPSA) is 47.3 Å². The molecule has 0 saturated heterocycles. The summed E-state index contributed by atoms with van der Waals surface area (Å²) in [5, 5.41) is 3.18. The van der Waals surface area contributed by atoms with Crippen LogP contribution in [0.25, 0.3) is 0 Å². The second-order valence-electron chi connectivity index (χ2n) is 4.42. The second-order valence-corrected chi connectivity index (χ2v) is 5.33. The Bertz CT molecular complexity index is 426. The highest BCUT2D eigenvalue weighted by molar-refractivity contribution is 9.10. The van der Waals surface area contributed by atoms with Crippen LogP contribution in [-0.2, 0) is 4.74 Å². The van der Waals surface area contributed by atoms with Crippen LogP contribution in [0.3, 0.4) is 0 Å². The fourth-order valence-corrected chi connectivity index (χ4v) is 1.99. The van der Waals surface area contributed by atoms with E-state index in [1.165, 1.54) is 6.07 Å². The predicted octanol–water partition coefficient (Wildman–Crippen LogP) is 2.77. The number of hydrogen-bond acceptors (Lipinski definition) is 3. The third-order valence-corrected chi connectivity index (χ3v) is 3.05. The maximum Gasteiger partial charge on any atom is 0.129 e. The average Bonchev–Trinajstić information content (AvgIpc) is 2.34. The summed E-state index contributed by atoms with van der Waals surface area (Å²) in [5.41, 5.74) is 7.23. The summed E-state index contributed by atoms with van der Waals surface area (Å²) in [4.78, 5) is 0. The Morgan fingerprint density at radius 2 is 2.32 bits per heavy atom. The van der Waals surface area contributed by atoms with Gasteiger partial charge in [0, 0.05) is 29.2 Å². The smallest absolute Gasteiger partial charge is 0.129 e. The molecule has 0 heterocycles. The average molecular weight is 331 g/mol. The van der Waals surface area contributed by atoms with Gasteiger partial charge in [-0.1, -0.05) is 34.1 Å². The number of benzene rings is 1. The Kier molecular flexibility index (Phi) is 7.23. The van der Waals surface area contributed by atoms with Gasteiger partial charge in [-0.2, -0.15) is 0 Å². The van der Waals surface area contributed by atoms with Crippen LogP contribution in [0.5, 0.6) is 0 Å². The summed E-state index contributed by atoms with van der Waals surface area (Å²) < 4.78 is 19.9. The SMILES string of the molecule is C=C(C)COCCNC(CN)c1ccc(Br)cc1F. The van der Waals surface area contributed by atoms with Crippen LogP contribution in [0.4, 0.5) is 4.39 Å². The molecule has 0 aliphatic carbocycles. The van der Waals surface area contributed by atoms with E-state index < -0.39 is 0 Å². The van der Waals surface area contributed by atoms with Crippen molar-refractivity contribution < 1.29 is 9.13 Å². The van der Waals surface area contributed by atoms with Crippen LogP contribution in [0, 0.1) is 5.82 Å². The fourth-order valence-electron chi connectivity index (χ4n) is 1.66. The van der Waals surface area contributed by atoms with Crippen LogP contribution in [0.1, 0.15) is 18.5 Å². The highest BCUT2D eigenvalue weighted by atomic mass is 79.9. The molecule has 0 amide bonds. The van der Waals surface area contributed by atoms with Crippen LogP contribution in [0.2, 0.25) is 0 Å². The number of nitrogens with one attached hydrogen (secondary N) is 1. The van der Waals surface area contributed by atoms with Gasteiger partial charge < -0.3 is 15.8 Å². The molecule has 1 aromatic rings. The van der Waals surface area contributed by atoms with Gasteiger partial charge in [-0.3, -0.25) is 0 Å². The zero-order valence-corrected chi connectivity index (χ0v) is 12.7. The van der Waals surface area contributed by atoms with Crippen molar-refractivity contribution in [1.82, 2.24) is 5.32 Å². The largest absolute Gasteiger partial charge is 0.376 e. The normalized spacial score (nSPS) is 12.4. The first-order valence-electron chi connectivity index (χ1n) is 6.15. The zero-order valence-electron chi connectivity index (χ0n) is 11.1. The molecule has 19 heavy (non-hydrogen) atoms. The molecule has 0 aromatic heterocycles. The highest BCUT2D eigenvalue weighted by Crippen LogP contribution is 2.20. The molecule has 0 fully saturated rings. The molecule has 0 aliphatic heterocycles. The molecule has 0 aliphatic rings. The maximum atomic E-state index is 13.8. The minimum atomic E-state index is -0.264. The third-order valence-electron chi connectivity index (χ3n) is 2.56. The van der Waals surface area contributed by atoms with Crippen molar-refractivity contribution in [2.24, 2.45) is 5.73 Å². The lowest BCUT2D eigenvalue weighted by molar-refractivity contribution is 0.155. The number of halogens is 2. The molecular formula is C14H20BrFN2O. The third kappa shape index (κ3) is 5.82. The summed E-state index contributed by atoms with van der Waals surface area (Å²) in [6.45, 7) is 7.70. The summed E-state index contributed by atoms with van der Waals surface area (Å²) in [5.74, 6) is -0.264. The van der Waals surface area contributed by atoms with E-state index in [-0.39, 0.29) is 11.9 Å². The Morgan fingerprint density at radius 1 is 1.58 bits per heavy atom. The molecule has 0 radical (unpaired) electrons. The Morgan fingerprint density at radius 3 is 2.89 bits per heavy atom. The molecule has 3 N–H and O–H groups in total. The second kappa shape index (κ2) is 8.43. The summed E-state index contributed by atoms with van der Waals surface area (Å²) in [6, 6.07) is 4.78. The standard InChI is InChI=1S/C14H20BrFN2O/c1-10(2)9-19-6-5-18-14(8-17)12-4-3-11(15)7-13(12)16/h3-4,7,14,18H,1,5-6,8-9,17H2,2H3. The van der Waals surface area contributed by atoms with E-state index in [0.717, 1.165) is 5.57 Å². The van der Waals surface area contributed by atoms with Crippen molar-refractivity contribution in [1.29, 1.82) is 0 Å². The number of hydrogen-bond donors (Lipinski definition) is 2. The van der Waals surface area contributed by atoms with Gasteiger partial charge in [-0.15, -0.1) is 0 Å². The number of nitrogens with two attached hydrogens (primary N) is 1. The Labute approximate surface area is 122 Å². The summed E-state index contributed by atoms with van der Waals surface area (Å²) in [7, 11) is 0. The lowest BCUT2D eigenvalue weighted by atomic mass is 10.1. The lowest BCUT2D eigenvalue weighted by Gasteiger charge is -2.18. The zero-order chi connectivity index (χ0) is 14.3. The molecule has 0 saturated carbocycles. The van der Waals surface area contributed by atoms with Gasteiger partial charge in [0.2, 0.25) is 0 Å². The molecule has 1 unspecified atom stereocenters. The van der Waals surface area contributed by atoms with Crippen LogP contribution in [-0.4, -0.2) is 26.3 Å². The van der Waals surface area contributed by atoms with Crippen molar-refractivity contribution in [3.63, 3.8) is 0 Å². The number of ether oxygens (including phenoxy) is 1. The van der Waals surface area contributed by atoms with E-state index in [2.05, 4.69) is 27.8 Å². The maximum absolute atomic E-state index is 13.8. The Hall–Kier alpha value is -0.750. The van der Waals surface area contributed by atoms with Crippen LogP contribution in [0.15, 0.2) is 34.8 Å². The van der Waals surface area contributed by atoms with E-state index in [0.29, 0.717) is 36.3 Å². The van der Waals surface area contributed by atoms with E-state index in [9.17, 15) is 4.39 Å². The van der Waals surface area contributed by atoms with E-state index in [4.69, 9.17) is 10.5 Å². The minimum Gasteiger partial charge on any atom is -0.376 e. The van der Waals surface area contributed by atoms with Crippen molar-refractivity contribution in [2.45, 2.75) is 13.0 Å². The van der Waals surface area contributed by atoms with Gasteiger partial charge in [0.25, 0.3) is 0 Å². The molecule has 0 bridgehead atoms. The van der Waals surface area contributed by atoms with Crippen LogP contribution >= 0.6 is 15.9 Å². The van der Waals surface area contributed by atoms with Crippen molar-refractivity contribution in [3.8, 4) is 0 Å². The van der Waals surface area contributed by atoms with Gasteiger partial charge >= 0.3 is 0 Å². The highest BCUT2D eigenvalue weighted by Gasteiger charge is 2.13. The molecule has 3 nitrogen and oxygen atoms in total. The number of rotatable bonds is 8. The van der Waals surface area contributed by atoms with Crippen molar-refractivity contribution >= 4 is 15.9 Å². The fraction of sp³-hybridized carbons (Fsp3) is 0.429. The van der Waals surface area contributed by atoms with Gasteiger partial charge in [-0.25, -0.2) is 4.39 Å². The van der Waals surface area contributed by atoms with Gasteiger partial charge in [-0.05, 0) is 19.1 Å². The first-order chi connectivity index (χ1) is 9.04. The molecule has 5 heteroatoms. The monoisotopic (exact) mass is 330 g/mol. The quantitative estimate of drug-likeness (QED) is 0.569. The van der Waals surface area contributed by atoms with Crippen LogP contribution < -0.4 is 11.1 Å². The van der Waals surface area contributed by atoms with E-state index in [1.54, 1.807) is 12.1 Å². The minimum absolute atomic E-state index is 0.207. The molecule has 0 spiro atoms. The first kappa shape index (κ1) is 16.3. The van der Waals surface area contributed by atoms with Crippen molar-refractivity contribution in [3.05, 3.63) is 46.2 Å². The van der Waals surface area contributed by atoms with Gasteiger partial charge in [0.1, 0.15) is 5.82 Å². The molecule has 1 rings (SSSR count). The van der Waals surface area contributed by atoms with E-state index in [1.807, 2.05) is 6.92 Å². The summed E-state index contributed by atoms with van der Waals surface area (Å²) in [6.07, 6.45) is 0.